The number of rotatable bonds is 4. The summed E-state index contributed by atoms with van der Waals surface area (Å²) in [6.07, 6.45) is -0.236. The molecule has 1 aliphatic heterocycles. The number of methoxy groups -OCH3 is 1. The average Bonchev–Trinajstić information content (AvgIpc) is 2.34. The van der Waals surface area contributed by atoms with Gasteiger partial charge in [0.05, 0.1) is 31.0 Å². The molecule has 112 valence electrons. The minimum absolute atomic E-state index is 0.00887. The Morgan fingerprint density at radius 1 is 1.68 bits per heavy atom. The molecule has 0 aromatic carbocycles. The van der Waals surface area contributed by atoms with E-state index in [1.165, 1.54) is 0 Å². The molecule has 1 saturated heterocycles. The summed E-state index contributed by atoms with van der Waals surface area (Å²) in [5, 5.41) is 9.30. The van der Waals surface area contributed by atoms with Crippen molar-refractivity contribution in [1.82, 2.24) is 10.3 Å². The second-order valence-electron chi connectivity index (χ2n) is 5.46. The Bertz CT molecular complexity index is 309. The lowest BCUT2D eigenvalue weighted by Gasteiger charge is -2.43. The summed E-state index contributed by atoms with van der Waals surface area (Å²) >= 11 is 0. The molecule has 1 heterocycles. The Morgan fingerprint density at radius 3 is 2.89 bits per heavy atom. The number of ether oxygens (including phenoxy) is 2. The van der Waals surface area contributed by atoms with Crippen LogP contribution in [0.4, 0.5) is 0 Å². The van der Waals surface area contributed by atoms with E-state index < -0.39 is 0 Å². The Labute approximate surface area is 114 Å². The van der Waals surface area contributed by atoms with Crippen molar-refractivity contribution in [3.05, 3.63) is 0 Å². The Hall–Kier alpha value is -0.890. The summed E-state index contributed by atoms with van der Waals surface area (Å²) in [7, 11) is 1.64. The normalized spacial score (nSPS) is 25.3. The Morgan fingerprint density at radius 2 is 2.37 bits per heavy atom. The third-order valence-electron chi connectivity index (χ3n) is 2.86. The van der Waals surface area contributed by atoms with Crippen LogP contribution in [0.5, 0.6) is 0 Å². The second kappa shape index (κ2) is 7.04. The maximum atomic E-state index is 9.30. The molecule has 4 N–H and O–H groups in total. The predicted molar refractivity (Wildman–Crippen MR) is 73.7 cm³/mol. The van der Waals surface area contributed by atoms with Gasteiger partial charge in [0.15, 0.2) is 0 Å². The number of aliphatic imine (C=N–C) groups is 1. The summed E-state index contributed by atoms with van der Waals surface area (Å²) in [4.78, 5) is 6.48. The number of aliphatic hydroxyl groups is 1. The van der Waals surface area contributed by atoms with E-state index in [2.05, 4.69) is 10.4 Å². The Kier molecular flexibility index (Phi) is 5.99. The number of nitrogens with one attached hydrogen (secondary N) is 1. The summed E-state index contributed by atoms with van der Waals surface area (Å²) < 4.78 is 10.8. The fraction of sp³-hybridized carbons (Fsp3) is 0.917. The molecule has 7 nitrogen and oxygen atoms in total. The molecule has 2 unspecified atom stereocenters. The van der Waals surface area contributed by atoms with Crippen molar-refractivity contribution in [2.24, 2.45) is 10.8 Å². The molecule has 0 spiro atoms. The number of hydrogen-bond acceptors (Lipinski definition) is 5. The average molecular weight is 274 g/mol. The van der Waals surface area contributed by atoms with E-state index in [0.29, 0.717) is 25.7 Å². The molecule has 19 heavy (non-hydrogen) atoms. The van der Waals surface area contributed by atoms with Gasteiger partial charge < -0.3 is 19.5 Å². The van der Waals surface area contributed by atoms with Gasteiger partial charge in [-0.05, 0) is 20.8 Å². The first-order valence-electron chi connectivity index (χ1n) is 6.49. The molecule has 1 aliphatic rings. The molecule has 7 heteroatoms. The van der Waals surface area contributed by atoms with Crippen LogP contribution in [0, 0.1) is 0 Å². The lowest BCUT2D eigenvalue weighted by molar-refractivity contribution is -0.135. The van der Waals surface area contributed by atoms with Crippen molar-refractivity contribution >= 4 is 5.96 Å². The van der Waals surface area contributed by atoms with Crippen molar-refractivity contribution in [3.63, 3.8) is 0 Å². The largest absolute Gasteiger partial charge is 0.394 e. The van der Waals surface area contributed by atoms with Crippen LogP contribution in [0.3, 0.4) is 0 Å². The molecule has 0 amide bonds. The van der Waals surface area contributed by atoms with Crippen molar-refractivity contribution in [2.75, 3.05) is 33.4 Å². The molecule has 1 rings (SSSR count). The number of morpholine rings is 1. The van der Waals surface area contributed by atoms with Crippen molar-refractivity contribution in [3.8, 4) is 0 Å². The van der Waals surface area contributed by atoms with E-state index in [4.69, 9.17) is 15.3 Å². The number of nitrogens with zero attached hydrogens (tertiary/aromatic N) is 2. The first kappa shape index (κ1) is 16.2. The fourth-order valence-corrected chi connectivity index (χ4v) is 2.25. The van der Waals surface area contributed by atoms with Gasteiger partial charge in [0.1, 0.15) is 0 Å². The number of nitrogens with two attached hydrogens (primary N) is 1. The van der Waals surface area contributed by atoms with Gasteiger partial charge in [-0.15, -0.1) is 0 Å². The minimum atomic E-state index is -0.353. The fourth-order valence-electron chi connectivity index (χ4n) is 2.25. The number of hydrazine groups is 1. The second-order valence-corrected chi connectivity index (χ2v) is 5.46. The van der Waals surface area contributed by atoms with Gasteiger partial charge in [-0.1, -0.05) is 0 Å². The van der Waals surface area contributed by atoms with Crippen LogP contribution >= 0.6 is 0 Å². The van der Waals surface area contributed by atoms with Gasteiger partial charge in [0, 0.05) is 20.2 Å². The molecule has 0 aliphatic carbocycles. The zero-order chi connectivity index (χ0) is 14.5. The van der Waals surface area contributed by atoms with Crippen LogP contribution in [0.2, 0.25) is 0 Å². The maximum absolute atomic E-state index is 9.30. The van der Waals surface area contributed by atoms with Gasteiger partial charge in [-0.25, -0.2) is 10.8 Å². The third-order valence-corrected chi connectivity index (χ3v) is 2.86. The van der Waals surface area contributed by atoms with Gasteiger partial charge in [-0.2, -0.15) is 0 Å². The van der Waals surface area contributed by atoms with Gasteiger partial charge in [0.2, 0.25) is 5.96 Å². The van der Waals surface area contributed by atoms with E-state index in [1.807, 2.05) is 25.7 Å². The van der Waals surface area contributed by atoms with Crippen LogP contribution < -0.4 is 11.3 Å². The van der Waals surface area contributed by atoms with Crippen LogP contribution in [0.15, 0.2) is 4.99 Å². The summed E-state index contributed by atoms with van der Waals surface area (Å²) in [5.41, 5.74) is 2.27. The quantitative estimate of drug-likeness (QED) is 0.272. The van der Waals surface area contributed by atoms with E-state index in [1.54, 1.807) is 7.11 Å². The van der Waals surface area contributed by atoms with Gasteiger partial charge in [-0.3, -0.25) is 5.43 Å². The highest BCUT2D eigenvalue weighted by Crippen LogP contribution is 2.20. The number of guanidine groups is 1. The van der Waals surface area contributed by atoms with E-state index in [9.17, 15) is 5.11 Å². The first-order chi connectivity index (χ1) is 8.91. The first-order valence-corrected chi connectivity index (χ1v) is 6.49. The molecular formula is C12H26N4O3. The molecule has 1 fully saturated rings. The highest BCUT2D eigenvalue weighted by Gasteiger charge is 2.34. The zero-order valence-corrected chi connectivity index (χ0v) is 12.2. The van der Waals surface area contributed by atoms with E-state index in [-0.39, 0.29) is 24.4 Å². The van der Waals surface area contributed by atoms with Crippen molar-refractivity contribution in [2.45, 2.75) is 38.5 Å². The van der Waals surface area contributed by atoms with Crippen LogP contribution in [-0.4, -0.2) is 67.1 Å². The maximum Gasteiger partial charge on any atom is 0.208 e. The topological polar surface area (TPSA) is 92.3 Å². The molecule has 0 saturated carbocycles. The summed E-state index contributed by atoms with van der Waals surface area (Å²) in [6, 6.07) is 0.00887. The van der Waals surface area contributed by atoms with Gasteiger partial charge >= 0.3 is 0 Å². The zero-order valence-electron chi connectivity index (χ0n) is 12.2. The van der Waals surface area contributed by atoms with E-state index >= 15 is 0 Å². The van der Waals surface area contributed by atoms with Crippen LogP contribution in [-0.2, 0) is 9.47 Å². The molecule has 0 bridgehead atoms. The lowest BCUT2D eigenvalue weighted by Crippen LogP contribution is -2.59. The molecule has 0 aromatic heterocycles. The van der Waals surface area contributed by atoms with Crippen molar-refractivity contribution in [1.29, 1.82) is 0 Å². The smallest absolute Gasteiger partial charge is 0.208 e. The van der Waals surface area contributed by atoms with Crippen molar-refractivity contribution < 1.29 is 14.6 Å². The highest BCUT2D eigenvalue weighted by atomic mass is 16.5. The number of hydrogen-bond donors (Lipinski definition) is 3. The SMILES string of the molecule is COCC(C)N=C(NN)N1CC(CO)OC(C)(C)C1. The monoisotopic (exact) mass is 274 g/mol. The standard InChI is InChI=1S/C12H26N4O3/c1-9(7-18-4)14-11(15-13)16-5-10(6-17)19-12(2,3)8-16/h9-10,17H,5-8,13H2,1-4H3,(H,14,15). The summed E-state index contributed by atoms with van der Waals surface area (Å²) in [6.45, 7) is 7.64. The molecule has 2 atom stereocenters. The third kappa shape index (κ3) is 4.94. The van der Waals surface area contributed by atoms with E-state index in [0.717, 1.165) is 0 Å². The molecule has 0 radical (unpaired) electrons. The predicted octanol–water partition coefficient (Wildman–Crippen LogP) is -0.688. The molecule has 0 aromatic rings. The highest BCUT2D eigenvalue weighted by molar-refractivity contribution is 5.79. The minimum Gasteiger partial charge on any atom is -0.394 e. The Balaban J connectivity index is 2.79. The molecular weight excluding hydrogens is 248 g/mol. The van der Waals surface area contributed by atoms with Gasteiger partial charge in [0.25, 0.3) is 0 Å². The number of aliphatic hydroxyl groups excluding tert-OH is 1. The summed E-state index contributed by atoms with van der Waals surface area (Å²) in [5.74, 6) is 6.15. The lowest BCUT2D eigenvalue weighted by atomic mass is 10.1. The van der Waals surface area contributed by atoms with Crippen LogP contribution in [0.1, 0.15) is 20.8 Å². The van der Waals surface area contributed by atoms with Crippen LogP contribution in [0.25, 0.3) is 0 Å².